The molecular formula is C80H96N6O2S. The number of Topliss-reactive ketones (excluding diaryl/α,β-unsaturated/α-hetero) is 2. The molecule has 89 heavy (non-hydrogen) atoms. The summed E-state index contributed by atoms with van der Waals surface area (Å²) in [5, 5.41) is 12.6. The second-order valence-electron chi connectivity index (χ2n) is 34.1. The minimum atomic E-state index is -0.648. The molecule has 11 rings (SSSR count). The van der Waals surface area contributed by atoms with Crippen molar-refractivity contribution in [1.29, 1.82) is 0 Å². The Balaban J connectivity index is 1.45. The molecule has 7 heterocycles. The van der Waals surface area contributed by atoms with Crippen LogP contribution in [0, 0.1) is 0 Å². The molecule has 3 aliphatic rings. The van der Waals surface area contributed by atoms with Crippen molar-refractivity contribution in [2.45, 2.75) is 222 Å². The van der Waals surface area contributed by atoms with E-state index in [0.29, 0.717) is 22.2 Å². The number of nitrogens with zero attached hydrogens (tertiary/aromatic N) is 2. The summed E-state index contributed by atoms with van der Waals surface area (Å²) < 4.78 is 0. The van der Waals surface area contributed by atoms with E-state index in [0.717, 1.165) is 89.4 Å². The Labute approximate surface area is 534 Å². The number of nitrogens with one attached hydrogen (secondary N) is 4. The number of aromatic amines is 2. The fourth-order valence-electron chi connectivity index (χ4n) is 12.6. The number of carbonyl (C=O) groups excluding carboxylic acids is 2. The van der Waals surface area contributed by atoms with Crippen LogP contribution in [0.25, 0.3) is 66.6 Å². The standard InChI is InChI=1S/C80H96N6O2S/c1-73(2,3)47-29-43(30-48(37-47)74(4,5)6)61-55-25-27-57(81-55)63(45-33-51(77(13,14)15)39-52(34-45)78(16,17)18)67-71(87)72(88)68(86-67)64(46-35-53(79(19,20)21)40-54(36-46)80(22,23)24)58-28-26-56(82-58)62(44-31-49(75(7,8)9)38-50(32-44)76(10,11)12)66-70-69(65(61)85-66)83-59-41-89-42-60(59)84-70/h25-42,69-70,81-84H,1-24H3. The topological polar surface area (TPSA) is 116 Å². The van der Waals surface area contributed by atoms with Crippen LogP contribution in [0.3, 0.4) is 0 Å². The number of thiophene rings is 1. The van der Waals surface area contributed by atoms with E-state index in [4.69, 9.17) is 9.97 Å². The van der Waals surface area contributed by atoms with E-state index >= 15 is 9.59 Å². The van der Waals surface area contributed by atoms with Gasteiger partial charge >= 0.3 is 0 Å². The van der Waals surface area contributed by atoms with Gasteiger partial charge in [-0.1, -0.05) is 239 Å². The highest BCUT2D eigenvalue weighted by Gasteiger charge is 2.42. The Kier molecular flexibility index (Phi) is 15.0. The first-order chi connectivity index (χ1) is 40.9. The molecule has 0 amide bonds. The van der Waals surface area contributed by atoms with E-state index in [2.05, 4.69) is 295 Å². The van der Waals surface area contributed by atoms with E-state index < -0.39 is 11.6 Å². The van der Waals surface area contributed by atoms with Crippen LogP contribution >= 0.6 is 11.3 Å². The molecule has 8 nitrogen and oxygen atoms in total. The molecule has 0 spiro atoms. The maximum atomic E-state index is 15.8. The zero-order valence-electron chi connectivity index (χ0n) is 57.7. The van der Waals surface area contributed by atoms with Crippen LogP contribution in [-0.4, -0.2) is 31.5 Å². The first kappa shape index (κ1) is 63.2. The highest BCUT2D eigenvalue weighted by Crippen LogP contribution is 2.53. The van der Waals surface area contributed by atoms with Crippen molar-refractivity contribution in [1.82, 2.24) is 19.9 Å². The highest BCUT2D eigenvalue weighted by molar-refractivity contribution is 7.09. The number of ketones is 2. The molecule has 9 heteroatoms. The van der Waals surface area contributed by atoms with Crippen LogP contribution in [0.15, 0.2) is 108 Å². The van der Waals surface area contributed by atoms with Crippen molar-refractivity contribution in [3.05, 3.63) is 175 Å². The minimum Gasteiger partial charge on any atom is -0.372 e. The number of aromatic nitrogens is 4. The predicted molar refractivity (Wildman–Crippen MR) is 378 cm³/mol. The summed E-state index contributed by atoms with van der Waals surface area (Å²) in [6.07, 6.45) is 0. The van der Waals surface area contributed by atoms with Gasteiger partial charge in [0.2, 0.25) is 0 Å². The third-order valence-electron chi connectivity index (χ3n) is 18.6. The maximum absolute atomic E-state index is 15.8. The predicted octanol–water partition coefficient (Wildman–Crippen LogP) is 21.8. The molecule has 0 saturated heterocycles. The third-order valence-corrected chi connectivity index (χ3v) is 19.3. The van der Waals surface area contributed by atoms with Gasteiger partial charge in [-0.3, -0.25) is 14.6 Å². The monoisotopic (exact) mass is 1200 g/mol. The average molecular weight is 1210 g/mol. The Bertz CT molecular complexity index is 3980. The Morgan fingerprint density at radius 1 is 0.315 bits per heavy atom. The van der Waals surface area contributed by atoms with Gasteiger partial charge in [-0.05, 0) is 134 Å². The molecule has 2 atom stereocenters. The van der Waals surface area contributed by atoms with Crippen molar-refractivity contribution >= 4 is 56.3 Å². The van der Waals surface area contributed by atoms with Gasteiger partial charge in [0.25, 0.3) is 11.6 Å². The molecule has 8 bridgehead atoms. The van der Waals surface area contributed by atoms with E-state index in [1.165, 1.54) is 22.3 Å². The quantitative estimate of drug-likeness (QED) is 0.131. The first-order valence-corrected chi connectivity index (χ1v) is 33.0. The van der Waals surface area contributed by atoms with E-state index in [1.54, 1.807) is 11.3 Å². The van der Waals surface area contributed by atoms with Crippen molar-refractivity contribution in [3.8, 4) is 44.5 Å². The number of hydrogen-bond acceptors (Lipinski definition) is 7. The number of H-pyrrole nitrogens is 2. The Morgan fingerprint density at radius 2 is 0.539 bits per heavy atom. The number of benzene rings is 4. The van der Waals surface area contributed by atoms with E-state index in [9.17, 15) is 0 Å². The van der Waals surface area contributed by atoms with Crippen molar-refractivity contribution < 1.29 is 9.59 Å². The van der Waals surface area contributed by atoms with Gasteiger partial charge in [0.15, 0.2) is 0 Å². The second kappa shape index (κ2) is 21.1. The van der Waals surface area contributed by atoms with Crippen LogP contribution in [0.4, 0.5) is 11.4 Å². The second-order valence-corrected chi connectivity index (χ2v) is 34.8. The molecule has 0 radical (unpaired) electrons. The average Bonchev–Trinajstić information content (AvgIpc) is 1.65. The summed E-state index contributed by atoms with van der Waals surface area (Å²) in [5.41, 5.74) is 21.1. The van der Waals surface area contributed by atoms with Crippen LogP contribution in [-0.2, 0) is 43.3 Å². The molecule has 0 saturated carbocycles. The van der Waals surface area contributed by atoms with E-state index in [1.807, 2.05) is 0 Å². The molecule has 4 aromatic carbocycles. The molecule has 0 aliphatic carbocycles. The molecule has 0 fully saturated rings. The lowest BCUT2D eigenvalue weighted by Gasteiger charge is -2.32. The fraction of sp³-hybridized carbons (Fsp3) is 0.425. The normalized spacial score (nSPS) is 16.1. The fourth-order valence-corrected chi connectivity index (χ4v) is 13.3. The van der Waals surface area contributed by atoms with E-state index in [-0.39, 0.29) is 66.8 Å². The molecule has 2 unspecified atom stereocenters. The number of anilines is 2. The van der Waals surface area contributed by atoms with Crippen molar-refractivity contribution in [2.75, 3.05) is 10.6 Å². The molecular weight excluding hydrogens is 1110 g/mol. The van der Waals surface area contributed by atoms with Crippen LogP contribution < -0.4 is 10.6 Å². The Hall–Kier alpha value is -7.36. The van der Waals surface area contributed by atoms with Crippen LogP contribution in [0.5, 0.6) is 0 Å². The van der Waals surface area contributed by atoms with Gasteiger partial charge in [-0.2, -0.15) is 0 Å². The number of rotatable bonds is 4. The number of hydrogen-bond donors (Lipinski definition) is 4. The van der Waals surface area contributed by atoms with Gasteiger partial charge in [0.05, 0.1) is 34.8 Å². The molecule has 8 aromatic rings. The molecule has 4 aromatic heterocycles. The van der Waals surface area contributed by atoms with Crippen LogP contribution in [0.2, 0.25) is 0 Å². The van der Waals surface area contributed by atoms with Crippen molar-refractivity contribution in [3.63, 3.8) is 0 Å². The summed E-state index contributed by atoms with van der Waals surface area (Å²) in [7, 11) is 0. The minimum absolute atomic E-state index is 0.105. The smallest absolute Gasteiger partial charge is 0.254 e. The first-order valence-electron chi connectivity index (χ1n) is 32.1. The lowest BCUT2D eigenvalue weighted by molar-refractivity contribution is 0.0826. The highest BCUT2D eigenvalue weighted by atomic mass is 32.1. The molecule has 4 N–H and O–H groups in total. The van der Waals surface area contributed by atoms with Gasteiger partial charge in [-0.25, -0.2) is 4.98 Å². The van der Waals surface area contributed by atoms with Gasteiger partial charge in [-0.15, -0.1) is 11.3 Å². The maximum Gasteiger partial charge on any atom is 0.254 e. The molecule has 464 valence electrons. The number of fused-ring (bicyclic) bond motifs is 12. The third kappa shape index (κ3) is 11.9. The summed E-state index contributed by atoms with van der Waals surface area (Å²) in [6.45, 7) is 54.2. The summed E-state index contributed by atoms with van der Waals surface area (Å²) in [4.78, 5) is 51.5. The number of carbonyl (C=O) groups is 2. The SMILES string of the molecule is CC(C)(C)c1cc(-c2c3nc(c(-c4cc(C(C)(C)C)cc(C(C)(C)C)c4)c4ccc([nH]4)c(-c4cc(C(C)(C)C)cc(C(C)(C)C)c4)c4nc(c(-c5cc(C(C)(C)C)cc(C(C)(C)C)c5)c5ccc2[nH]5)C2Nc5cscc5NC42)C(=O)C3=O)cc(C(C)(C)C)c1. The summed E-state index contributed by atoms with van der Waals surface area (Å²) >= 11 is 1.68. The van der Waals surface area contributed by atoms with Crippen LogP contribution in [0.1, 0.15) is 255 Å². The zero-order valence-corrected chi connectivity index (χ0v) is 58.5. The lowest BCUT2D eigenvalue weighted by atomic mass is 9.78. The van der Waals surface area contributed by atoms with Gasteiger partial charge in [0.1, 0.15) is 11.4 Å². The van der Waals surface area contributed by atoms with Gasteiger partial charge < -0.3 is 20.6 Å². The largest absolute Gasteiger partial charge is 0.372 e. The zero-order chi connectivity index (χ0) is 65.0. The Morgan fingerprint density at radius 3 is 0.775 bits per heavy atom. The lowest BCUT2D eigenvalue weighted by Crippen LogP contribution is -2.26. The van der Waals surface area contributed by atoms with Crippen molar-refractivity contribution in [2.24, 2.45) is 0 Å². The van der Waals surface area contributed by atoms with Gasteiger partial charge in [0, 0.05) is 55.1 Å². The molecule has 3 aliphatic heterocycles. The summed E-state index contributed by atoms with van der Waals surface area (Å²) in [6, 6.07) is 35.4. The summed E-state index contributed by atoms with van der Waals surface area (Å²) in [5.74, 6) is -1.30.